The maximum atomic E-state index is 14.1. The molecule has 0 aliphatic carbocycles. The lowest BCUT2D eigenvalue weighted by molar-refractivity contribution is -0.139. The lowest BCUT2D eigenvalue weighted by Crippen LogP contribution is -2.09. The summed E-state index contributed by atoms with van der Waals surface area (Å²) in [5, 5.41) is 0. The Morgan fingerprint density at radius 2 is 1.76 bits per heavy atom. The van der Waals surface area contributed by atoms with Crippen LogP contribution in [0.15, 0.2) is 36.4 Å². The first-order chi connectivity index (χ1) is 9.71. The Kier molecular flexibility index (Phi) is 3.85. The molecule has 0 unspecified atom stereocenters. The van der Waals surface area contributed by atoms with Crippen LogP contribution in [-0.2, 0) is 6.18 Å². The van der Waals surface area contributed by atoms with Gasteiger partial charge in [0.1, 0.15) is 5.82 Å². The highest BCUT2D eigenvalue weighted by Gasteiger charge is 2.34. The molecule has 0 atom stereocenters. The van der Waals surface area contributed by atoms with Crippen LogP contribution in [0.5, 0.6) is 0 Å². The predicted octanol–water partition coefficient (Wildman–Crippen LogP) is 5.02. The number of carbonyl (C=O) groups excluding carboxylic acids is 1. The first kappa shape index (κ1) is 15.2. The Balaban J connectivity index is 2.63. The van der Waals surface area contributed by atoms with E-state index in [0.29, 0.717) is 17.2 Å². The highest BCUT2D eigenvalue weighted by Crippen LogP contribution is 2.35. The monoisotopic (exact) mass is 296 g/mol. The van der Waals surface area contributed by atoms with E-state index < -0.39 is 17.6 Å². The normalized spacial score (nSPS) is 11.5. The first-order valence-corrected chi connectivity index (χ1v) is 6.19. The molecule has 0 amide bonds. The number of rotatable bonds is 2. The predicted molar refractivity (Wildman–Crippen MR) is 71.6 cm³/mol. The third-order valence-corrected chi connectivity index (χ3v) is 3.23. The molecule has 0 spiro atoms. The molecule has 0 aliphatic heterocycles. The number of ketones is 1. The minimum Gasteiger partial charge on any atom is -0.295 e. The van der Waals surface area contributed by atoms with E-state index in [4.69, 9.17) is 0 Å². The van der Waals surface area contributed by atoms with Gasteiger partial charge in [0.2, 0.25) is 0 Å². The Morgan fingerprint density at radius 3 is 2.33 bits per heavy atom. The van der Waals surface area contributed by atoms with Crippen molar-refractivity contribution in [1.29, 1.82) is 0 Å². The van der Waals surface area contributed by atoms with Crippen LogP contribution in [-0.4, -0.2) is 5.78 Å². The molecule has 21 heavy (non-hydrogen) atoms. The zero-order valence-electron chi connectivity index (χ0n) is 11.4. The largest absolute Gasteiger partial charge is 0.419 e. The number of hydrogen-bond acceptors (Lipinski definition) is 1. The van der Waals surface area contributed by atoms with E-state index in [1.165, 1.54) is 25.1 Å². The molecule has 0 aromatic heterocycles. The molecule has 0 heterocycles. The molecule has 0 N–H and O–H groups in total. The lowest BCUT2D eigenvalue weighted by atomic mass is 9.96. The number of hydrogen-bond donors (Lipinski definition) is 0. The average molecular weight is 296 g/mol. The van der Waals surface area contributed by atoms with Gasteiger partial charge in [-0.05, 0) is 37.1 Å². The van der Waals surface area contributed by atoms with E-state index in [0.717, 1.165) is 6.07 Å². The maximum Gasteiger partial charge on any atom is 0.419 e. The summed E-state index contributed by atoms with van der Waals surface area (Å²) in [7, 11) is 0. The van der Waals surface area contributed by atoms with Crippen molar-refractivity contribution in [3.05, 3.63) is 58.9 Å². The molecule has 0 saturated carbocycles. The summed E-state index contributed by atoms with van der Waals surface area (Å²) in [6, 6.07) is 7.61. The molecule has 2 aromatic rings. The van der Waals surface area contributed by atoms with Crippen LogP contribution in [0.1, 0.15) is 28.4 Å². The highest BCUT2D eigenvalue weighted by atomic mass is 19.4. The molecule has 0 radical (unpaired) electrons. The summed E-state index contributed by atoms with van der Waals surface area (Å²) in [5.74, 6) is -1.55. The first-order valence-electron chi connectivity index (χ1n) is 6.19. The van der Waals surface area contributed by atoms with E-state index in [9.17, 15) is 22.4 Å². The zero-order chi connectivity index (χ0) is 15.8. The van der Waals surface area contributed by atoms with Crippen LogP contribution in [0, 0.1) is 12.7 Å². The van der Waals surface area contributed by atoms with Crippen molar-refractivity contribution in [1.82, 2.24) is 0 Å². The van der Waals surface area contributed by atoms with Crippen molar-refractivity contribution < 1.29 is 22.4 Å². The van der Waals surface area contributed by atoms with Gasteiger partial charge >= 0.3 is 6.18 Å². The van der Waals surface area contributed by atoms with Gasteiger partial charge in [0.15, 0.2) is 5.78 Å². The maximum absolute atomic E-state index is 14.1. The van der Waals surface area contributed by atoms with Crippen molar-refractivity contribution in [2.45, 2.75) is 20.0 Å². The summed E-state index contributed by atoms with van der Waals surface area (Å²) >= 11 is 0. The number of aryl methyl sites for hydroxylation is 1. The van der Waals surface area contributed by atoms with Crippen molar-refractivity contribution in [3.63, 3.8) is 0 Å². The van der Waals surface area contributed by atoms with Gasteiger partial charge in [-0.1, -0.05) is 24.3 Å². The van der Waals surface area contributed by atoms with Crippen LogP contribution in [0.3, 0.4) is 0 Å². The SMILES string of the molecule is CC(=O)c1cc(-c2cccc(C(F)(F)F)c2F)ccc1C. The van der Waals surface area contributed by atoms with Crippen molar-refractivity contribution >= 4 is 5.78 Å². The number of halogens is 4. The van der Waals surface area contributed by atoms with E-state index in [1.807, 2.05) is 0 Å². The van der Waals surface area contributed by atoms with Gasteiger partial charge in [-0.15, -0.1) is 0 Å². The number of Topliss-reactive ketones (excluding diaryl/α,β-unsaturated/α-hetero) is 1. The van der Waals surface area contributed by atoms with Crippen LogP contribution < -0.4 is 0 Å². The van der Waals surface area contributed by atoms with Crippen LogP contribution >= 0.6 is 0 Å². The molecule has 0 aliphatic rings. The topological polar surface area (TPSA) is 17.1 Å². The van der Waals surface area contributed by atoms with Gasteiger partial charge in [0.25, 0.3) is 0 Å². The third kappa shape index (κ3) is 2.96. The number of alkyl halides is 3. The molecule has 0 bridgehead atoms. The zero-order valence-corrected chi connectivity index (χ0v) is 11.4. The number of benzene rings is 2. The second-order valence-electron chi connectivity index (χ2n) is 4.75. The Morgan fingerprint density at radius 1 is 1.10 bits per heavy atom. The smallest absolute Gasteiger partial charge is 0.295 e. The van der Waals surface area contributed by atoms with E-state index in [2.05, 4.69) is 0 Å². The third-order valence-electron chi connectivity index (χ3n) is 3.23. The Hall–Kier alpha value is -2.17. The second-order valence-corrected chi connectivity index (χ2v) is 4.75. The summed E-state index contributed by atoms with van der Waals surface area (Å²) < 4.78 is 52.2. The summed E-state index contributed by atoms with van der Waals surface area (Å²) in [6.07, 6.45) is -4.76. The fourth-order valence-corrected chi connectivity index (χ4v) is 2.14. The van der Waals surface area contributed by atoms with Gasteiger partial charge < -0.3 is 0 Å². The summed E-state index contributed by atoms with van der Waals surface area (Å²) in [4.78, 5) is 11.5. The van der Waals surface area contributed by atoms with E-state index >= 15 is 0 Å². The highest BCUT2D eigenvalue weighted by molar-refractivity contribution is 5.96. The van der Waals surface area contributed by atoms with Crippen LogP contribution in [0.25, 0.3) is 11.1 Å². The van der Waals surface area contributed by atoms with E-state index in [1.54, 1.807) is 13.0 Å². The number of carbonyl (C=O) groups is 1. The fraction of sp³-hybridized carbons (Fsp3) is 0.188. The molecular weight excluding hydrogens is 284 g/mol. The fourth-order valence-electron chi connectivity index (χ4n) is 2.14. The molecule has 2 aromatic carbocycles. The van der Waals surface area contributed by atoms with Crippen LogP contribution in [0.2, 0.25) is 0 Å². The minimum absolute atomic E-state index is 0.174. The molecule has 5 heteroatoms. The Labute approximate surface area is 119 Å². The quantitative estimate of drug-likeness (QED) is 0.561. The summed E-state index contributed by atoms with van der Waals surface area (Å²) in [6.45, 7) is 3.07. The van der Waals surface area contributed by atoms with E-state index in [-0.39, 0.29) is 16.9 Å². The van der Waals surface area contributed by atoms with Gasteiger partial charge in [-0.3, -0.25) is 4.79 Å². The summed E-state index contributed by atoms with van der Waals surface area (Å²) in [5.41, 5.74) is -0.186. The van der Waals surface area contributed by atoms with Crippen molar-refractivity contribution in [2.24, 2.45) is 0 Å². The van der Waals surface area contributed by atoms with Gasteiger partial charge in [0.05, 0.1) is 5.56 Å². The van der Waals surface area contributed by atoms with Gasteiger partial charge in [-0.2, -0.15) is 13.2 Å². The second kappa shape index (κ2) is 5.31. The standard InChI is InChI=1S/C16H12F4O/c1-9-6-7-11(8-13(9)10(2)21)12-4-3-5-14(15(12)17)16(18,19)20/h3-8H,1-2H3. The van der Waals surface area contributed by atoms with Crippen molar-refractivity contribution in [3.8, 4) is 11.1 Å². The molecule has 110 valence electrons. The Bertz CT molecular complexity index is 702. The molecule has 1 nitrogen and oxygen atoms in total. The van der Waals surface area contributed by atoms with Crippen LogP contribution in [0.4, 0.5) is 17.6 Å². The van der Waals surface area contributed by atoms with Crippen molar-refractivity contribution in [2.75, 3.05) is 0 Å². The molecule has 0 fully saturated rings. The lowest BCUT2D eigenvalue weighted by Gasteiger charge is -2.12. The van der Waals surface area contributed by atoms with Gasteiger partial charge in [-0.25, -0.2) is 4.39 Å². The molecular formula is C16H12F4O. The minimum atomic E-state index is -4.76. The van der Waals surface area contributed by atoms with Gasteiger partial charge in [0, 0.05) is 11.1 Å². The molecule has 2 rings (SSSR count). The molecule has 0 saturated heterocycles. The average Bonchev–Trinajstić information content (AvgIpc) is 2.38.